The quantitative estimate of drug-likeness (QED) is 0.870. The SMILES string of the molecule is C=C1NC(=O)N[C@@H](c2ccccc2OC)[C@H]1C(C)=O. The second kappa shape index (κ2) is 5.14. The maximum absolute atomic E-state index is 11.8. The van der Waals surface area contributed by atoms with Gasteiger partial charge in [0.1, 0.15) is 11.5 Å². The van der Waals surface area contributed by atoms with Crippen molar-refractivity contribution >= 4 is 11.8 Å². The second-order valence-corrected chi connectivity index (χ2v) is 4.43. The minimum Gasteiger partial charge on any atom is -0.496 e. The van der Waals surface area contributed by atoms with Crippen molar-refractivity contribution < 1.29 is 14.3 Å². The Morgan fingerprint density at radius 3 is 2.68 bits per heavy atom. The highest BCUT2D eigenvalue weighted by molar-refractivity contribution is 5.88. The van der Waals surface area contributed by atoms with Crippen LogP contribution < -0.4 is 15.4 Å². The first kappa shape index (κ1) is 13.1. The van der Waals surface area contributed by atoms with Gasteiger partial charge in [-0.15, -0.1) is 0 Å². The molecule has 0 aliphatic carbocycles. The number of ketones is 1. The number of amides is 2. The molecular weight excluding hydrogens is 244 g/mol. The van der Waals surface area contributed by atoms with Crippen LogP contribution in [0.5, 0.6) is 5.75 Å². The fourth-order valence-electron chi connectivity index (χ4n) is 2.35. The van der Waals surface area contributed by atoms with Gasteiger partial charge >= 0.3 is 6.03 Å². The Morgan fingerprint density at radius 2 is 2.05 bits per heavy atom. The predicted molar refractivity (Wildman–Crippen MR) is 70.7 cm³/mol. The minimum absolute atomic E-state index is 0.0617. The van der Waals surface area contributed by atoms with Crippen LogP contribution in [0.3, 0.4) is 0 Å². The summed E-state index contributed by atoms with van der Waals surface area (Å²) in [6.07, 6.45) is 0. The number of nitrogens with one attached hydrogen (secondary N) is 2. The number of hydrogen-bond acceptors (Lipinski definition) is 3. The first-order valence-electron chi connectivity index (χ1n) is 5.94. The molecule has 1 saturated heterocycles. The molecule has 0 radical (unpaired) electrons. The zero-order valence-corrected chi connectivity index (χ0v) is 10.9. The number of benzene rings is 1. The lowest BCUT2D eigenvalue weighted by Crippen LogP contribution is -2.50. The summed E-state index contributed by atoms with van der Waals surface area (Å²) >= 11 is 0. The van der Waals surface area contributed by atoms with Gasteiger partial charge < -0.3 is 15.4 Å². The molecule has 0 aromatic heterocycles. The molecule has 2 atom stereocenters. The van der Waals surface area contributed by atoms with Crippen LogP contribution >= 0.6 is 0 Å². The van der Waals surface area contributed by atoms with Gasteiger partial charge in [0.15, 0.2) is 0 Å². The molecule has 0 bridgehead atoms. The van der Waals surface area contributed by atoms with Crippen molar-refractivity contribution in [1.82, 2.24) is 10.6 Å². The number of carbonyl (C=O) groups is 2. The number of carbonyl (C=O) groups excluding carboxylic acids is 2. The molecule has 1 fully saturated rings. The topological polar surface area (TPSA) is 67.4 Å². The monoisotopic (exact) mass is 260 g/mol. The fraction of sp³-hybridized carbons (Fsp3) is 0.286. The number of hydrogen-bond donors (Lipinski definition) is 2. The van der Waals surface area contributed by atoms with Crippen LogP contribution in [-0.4, -0.2) is 18.9 Å². The molecule has 2 rings (SSSR count). The van der Waals surface area contributed by atoms with E-state index in [1.54, 1.807) is 13.2 Å². The molecule has 2 N–H and O–H groups in total. The number of para-hydroxylation sites is 1. The summed E-state index contributed by atoms with van der Waals surface area (Å²) in [5.41, 5.74) is 1.17. The third-order valence-electron chi connectivity index (χ3n) is 3.18. The first-order chi connectivity index (χ1) is 9.04. The highest BCUT2D eigenvalue weighted by atomic mass is 16.5. The zero-order chi connectivity index (χ0) is 14.0. The van der Waals surface area contributed by atoms with E-state index >= 15 is 0 Å². The lowest BCUT2D eigenvalue weighted by molar-refractivity contribution is -0.120. The molecule has 1 aromatic rings. The highest BCUT2D eigenvalue weighted by Gasteiger charge is 2.36. The molecule has 1 aliphatic heterocycles. The lowest BCUT2D eigenvalue weighted by atomic mass is 9.86. The summed E-state index contributed by atoms with van der Waals surface area (Å²) < 4.78 is 5.28. The number of Topliss-reactive ketones (excluding diaryl/α,β-unsaturated/α-hetero) is 1. The van der Waals surface area contributed by atoms with E-state index in [2.05, 4.69) is 17.2 Å². The van der Waals surface area contributed by atoms with Crippen molar-refractivity contribution in [2.45, 2.75) is 13.0 Å². The summed E-state index contributed by atoms with van der Waals surface area (Å²) in [4.78, 5) is 23.4. The molecule has 0 unspecified atom stereocenters. The van der Waals surface area contributed by atoms with Crippen molar-refractivity contribution in [3.05, 3.63) is 42.1 Å². The first-order valence-corrected chi connectivity index (χ1v) is 5.94. The molecule has 0 spiro atoms. The van der Waals surface area contributed by atoms with Crippen LogP contribution in [0.4, 0.5) is 4.79 Å². The molecule has 1 heterocycles. The summed E-state index contributed by atoms with van der Waals surface area (Å²) in [5, 5.41) is 5.30. The Labute approximate surface area is 111 Å². The van der Waals surface area contributed by atoms with Crippen LogP contribution in [0, 0.1) is 5.92 Å². The van der Waals surface area contributed by atoms with Gasteiger partial charge in [0, 0.05) is 11.3 Å². The number of methoxy groups -OCH3 is 1. The number of ether oxygens (including phenoxy) is 1. The third-order valence-corrected chi connectivity index (χ3v) is 3.18. The molecule has 100 valence electrons. The molecule has 2 amide bonds. The van der Waals surface area contributed by atoms with Gasteiger partial charge in [0.25, 0.3) is 0 Å². The number of rotatable bonds is 3. The lowest BCUT2D eigenvalue weighted by Gasteiger charge is -2.33. The van der Waals surface area contributed by atoms with E-state index in [4.69, 9.17) is 4.74 Å². The Hall–Kier alpha value is -2.30. The van der Waals surface area contributed by atoms with Gasteiger partial charge in [0.05, 0.1) is 19.1 Å². The number of urea groups is 1. The average molecular weight is 260 g/mol. The largest absolute Gasteiger partial charge is 0.496 e. The standard InChI is InChI=1S/C14H16N2O3/c1-8-12(9(2)17)13(16-14(18)15-8)10-6-4-5-7-11(10)19-3/h4-7,12-13H,1H2,2-3H3,(H2,15,16,18)/t12-,13+/m1/s1. The molecule has 0 saturated carbocycles. The highest BCUT2D eigenvalue weighted by Crippen LogP contribution is 2.34. The molecule has 19 heavy (non-hydrogen) atoms. The van der Waals surface area contributed by atoms with Crippen LogP contribution in [0.25, 0.3) is 0 Å². The zero-order valence-electron chi connectivity index (χ0n) is 10.9. The Bertz CT molecular complexity index is 539. The van der Waals surface area contributed by atoms with Gasteiger partial charge in [-0.1, -0.05) is 24.8 Å². The Balaban J connectivity index is 2.46. The maximum Gasteiger partial charge on any atom is 0.319 e. The van der Waals surface area contributed by atoms with E-state index in [0.29, 0.717) is 11.4 Å². The molecule has 5 heteroatoms. The Morgan fingerprint density at radius 1 is 1.37 bits per heavy atom. The van der Waals surface area contributed by atoms with Crippen molar-refractivity contribution in [2.24, 2.45) is 5.92 Å². The van der Waals surface area contributed by atoms with Gasteiger partial charge in [-0.3, -0.25) is 4.79 Å². The van der Waals surface area contributed by atoms with E-state index in [-0.39, 0.29) is 11.8 Å². The van der Waals surface area contributed by atoms with Crippen LogP contribution in [0.15, 0.2) is 36.5 Å². The summed E-state index contributed by atoms with van der Waals surface area (Å²) in [7, 11) is 1.55. The smallest absolute Gasteiger partial charge is 0.319 e. The van der Waals surface area contributed by atoms with Crippen molar-refractivity contribution in [1.29, 1.82) is 0 Å². The van der Waals surface area contributed by atoms with Gasteiger partial charge in [-0.2, -0.15) is 0 Å². The van der Waals surface area contributed by atoms with E-state index < -0.39 is 12.0 Å². The summed E-state index contributed by atoms with van der Waals surface area (Å²) in [6, 6.07) is 6.48. The van der Waals surface area contributed by atoms with E-state index in [1.165, 1.54) is 6.92 Å². The molecule has 5 nitrogen and oxygen atoms in total. The van der Waals surface area contributed by atoms with E-state index in [1.807, 2.05) is 18.2 Å². The van der Waals surface area contributed by atoms with E-state index in [0.717, 1.165) is 5.56 Å². The molecule has 1 aliphatic rings. The normalized spacial score (nSPS) is 22.4. The van der Waals surface area contributed by atoms with Crippen LogP contribution in [0.1, 0.15) is 18.5 Å². The fourth-order valence-corrected chi connectivity index (χ4v) is 2.35. The van der Waals surface area contributed by atoms with Gasteiger partial charge in [-0.05, 0) is 13.0 Å². The van der Waals surface area contributed by atoms with Gasteiger partial charge in [-0.25, -0.2) is 4.79 Å². The summed E-state index contributed by atoms with van der Waals surface area (Å²) in [5.74, 6) is 0.0659. The van der Waals surface area contributed by atoms with Crippen LogP contribution in [0.2, 0.25) is 0 Å². The maximum atomic E-state index is 11.8. The average Bonchev–Trinajstić information content (AvgIpc) is 2.37. The van der Waals surface area contributed by atoms with Crippen molar-refractivity contribution in [3.8, 4) is 5.75 Å². The summed E-state index contributed by atoms with van der Waals surface area (Å²) in [6.45, 7) is 5.25. The second-order valence-electron chi connectivity index (χ2n) is 4.43. The Kier molecular flexibility index (Phi) is 3.55. The van der Waals surface area contributed by atoms with Crippen molar-refractivity contribution in [2.75, 3.05) is 7.11 Å². The van der Waals surface area contributed by atoms with Crippen LogP contribution in [-0.2, 0) is 4.79 Å². The third kappa shape index (κ3) is 2.45. The molecular formula is C14H16N2O3. The predicted octanol–water partition coefficient (Wildman–Crippen LogP) is 1.77. The molecule has 1 aromatic carbocycles. The van der Waals surface area contributed by atoms with Crippen molar-refractivity contribution in [3.63, 3.8) is 0 Å². The minimum atomic E-state index is -0.506. The van der Waals surface area contributed by atoms with Gasteiger partial charge in [0.2, 0.25) is 0 Å². The van der Waals surface area contributed by atoms with E-state index in [9.17, 15) is 9.59 Å².